The van der Waals surface area contributed by atoms with E-state index in [4.69, 9.17) is 32.6 Å². The maximum Gasteiger partial charge on any atom is 0.181 e. The molecule has 0 heterocycles. The third kappa shape index (κ3) is 5.89. The topological polar surface area (TPSA) is 50.7 Å². The lowest BCUT2D eigenvalue weighted by molar-refractivity contribution is 0.286. The summed E-state index contributed by atoms with van der Waals surface area (Å²) in [5.41, 5.74) is 0.979. The van der Waals surface area contributed by atoms with E-state index in [0.717, 1.165) is 12.1 Å². The highest BCUT2D eigenvalue weighted by Gasteiger charge is 2.11. The molecule has 0 unspecified atom stereocenters. The maximum absolute atomic E-state index is 8.69. The van der Waals surface area contributed by atoms with Crippen LogP contribution in [0.3, 0.4) is 0 Å². The zero-order valence-electron chi connectivity index (χ0n) is 11.3. The van der Waals surface area contributed by atoms with Crippen LogP contribution in [0.2, 0.25) is 5.02 Å². The van der Waals surface area contributed by atoms with Crippen LogP contribution in [-0.4, -0.2) is 32.0 Å². The molecule has 0 amide bonds. The van der Waals surface area contributed by atoms with Gasteiger partial charge in [0, 0.05) is 13.2 Å². The van der Waals surface area contributed by atoms with Gasteiger partial charge in [-0.1, -0.05) is 17.5 Å². The third-order valence-corrected chi connectivity index (χ3v) is 2.71. The standard InChI is InChI=1S/C14H18ClNO3.ClH/c1-3-7-19-14-12(15)8-11(9-13(14)18-2)10-16-5-4-6-17;/h1,8-9,16-17H,4-7,10H2,2H3;1H. The van der Waals surface area contributed by atoms with Gasteiger partial charge in [0.05, 0.1) is 12.1 Å². The van der Waals surface area contributed by atoms with E-state index in [1.165, 1.54) is 0 Å². The van der Waals surface area contributed by atoms with Crippen LogP contribution in [0, 0.1) is 12.3 Å². The molecular formula is C14H19Cl2NO3. The van der Waals surface area contributed by atoms with Crippen molar-refractivity contribution in [2.75, 3.05) is 26.9 Å². The monoisotopic (exact) mass is 319 g/mol. The lowest BCUT2D eigenvalue weighted by atomic mass is 10.2. The van der Waals surface area contributed by atoms with Gasteiger partial charge in [-0.15, -0.1) is 18.8 Å². The number of benzene rings is 1. The number of methoxy groups -OCH3 is 1. The average Bonchev–Trinajstić information content (AvgIpc) is 2.42. The molecule has 20 heavy (non-hydrogen) atoms. The van der Waals surface area contributed by atoms with Gasteiger partial charge in [-0.25, -0.2) is 0 Å². The third-order valence-electron chi connectivity index (χ3n) is 2.43. The number of halogens is 2. The maximum atomic E-state index is 8.69. The summed E-state index contributed by atoms with van der Waals surface area (Å²) in [6, 6.07) is 3.66. The Morgan fingerprint density at radius 3 is 2.80 bits per heavy atom. The van der Waals surface area contributed by atoms with Gasteiger partial charge >= 0.3 is 0 Å². The van der Waals surface area contributed by atoms with E-state index in [1.807, 2.05) is 12.1 Å². The van der Waals surface area contributed by atoms with Crippen molar-refractivity contribution in [2.24, 2.45) is 0 Å². The normalized spacial score (nSPS) is 9.50. The summed E-state index contributed by atoms with van der Waals surface area (Å²) in [5, 5.41) is 12.4. The number of terminal acetylenes is 1. The van der Waals surface area contributed by atoms with Crippen LogP contribution in [0.25, 0.3) is 0 Å². The molecule has 1 aromatic carbocycles. The quantitative estimate of drug-likeness (QED) is 0.570. The van der Waals surface area contributed by atoms with Crippen molar-refractivity contribution in [3.63, 3.8) is 0 Å². The SMILES string of the molecule is C#CCOc1c(Cl)cc(CNCCCO)cc1OC.Cl. The minimum Gasteiger partial charge on any atom is -0.493 e. The molecule has 0 aliphatic heterocycles. The first kappa shape index (κ1) is 18.9. The van der Waals surface area contributed by atoms with E-state index in [0.29, 0.717) is 29.5 Å². The second kappa shape index (κ2) is 10.6. The molecule has 0 aliphatic rings. The molecule has 0 saturated heterocycles. The van der Waals surface area contributed by atoms with Crippen LogP contribution in [0.15, 0.2) is 12.1 Å². The van der Waals surface area contributed by atoms with E-state index in [9.17, 15) is 0 Å². The number of ether oxygens (including phenoxy) is 2. The Hall–Kier alpha value is -1.12. The summed E-state index contributed by atoms with van der Waals surface area (Å²) in [6.07, 6.45) is 5.87. The summed E-state index contributed by atoms with van der Waals surface area (Å²) in [4.78, 5) is 0. The number of rotatable bonds is 8. The summed E-state index contributed by atoms with van der Waals surface area (Å²) >= 11 is 6.15. The van der Waals surface area contributed by atoms with Crippen molar-refractivity contribution in [2.45, 2.75) is 13.0 Å². The van der Waals surface area contributed by atoms with Gasteiger partial charge in [-0.05, 0) is 30.7 Å². The molecule has 0 aliphatic carbocycles. The molecule has 0 spiro atoms. The molecule has 0 saturated carbocycles. The fourth-order valence-corrected chi connectivity index (χ4v) is 1.85. The second-order valence-electron chi connectivity index (χ2n) is 3.86. The van der Waals surface area contributed by atoms with Gasteiger partial charge in [0.15, 0.2) is 11.5 Å². The van der Waals surface area contributed by atoms with E-state index >= 15 is 0 Å². The number of aliphatic hydroxyl groups is 1. The molecule has 0 radical (unpaired) electrons. The van der Waals surface area contributed by atoms with Crippen LogP contribution in [0.1, 0.15) is 12.0 Å². The molecule has 0 bridgehead atoms. The van der Waals surface area contributed by atoms with Gasteiger partial charge in [0.25, 0.3) is 0 Å². The van der Waals surface area contributed by atoms with Gasteiger partial charge in [-0.3, -0.25) is 0 Å². The minimum absolute atomic E-state index is 0. The van der Waals surface area contributed by atoms with Crippen LogP contribution in [-0.2, 0) is 6.54 Å². The van der Waals surface area contributed by atoms with Gasteiger partial charge in [-0.2, -0.15) is 0 Å². The Kier molecular flexibility index (Phi) is 10.0. The van der Waals surface area contributed by atoms with Crippen molar-refractivity contribution in [3.8, 4) is 23.8 Å². The lowest BCUT2D eigenvalue weighted by Gasteiger charge is -2.13. The molecule has 2 N–H and O–H groups in total. The molecule has 0 fully saturated rings. The number of aliphatic hydroxyl groups excluding tert-OH is 1. The fourth-order valence-electron chi connectivity index (χ4n) is 1.57. The van der Waals surface area contributed by atoms with Gasteiger partial charge < -0.3 is 19.9 Å². The Morgan fingerprint density at radius 1 is 1.45 bits per heavy atom. The smallest absolute Gasteiger partial charge is 0.181 e. The molecule has 112 valence electrons. The summed E-state index contributed by atoms with van der Waals surface area (Å²) in [7, 11) is 1.55. The van der Waals surface area contributed by atoms with Crippen molar-refractivity contribution in [1.82, 2.24) is 5.32 Å². The first-order chi connectivity index (χ1) is 9.22. The number of nitrogens with one attached hydrogen (secondary N) is 1. The summed E-state index contributed by atoms with van der Waals surface area (Å²) in [6.45, 7) is 1.71. The summed E-state index contributed by atoms with van der Waals surface area (Å²) in [5.74, 6) is 3.40. The molecular weight excluding hydrogens is 301 g/mol. The highest BCUT2D eigenvalue weighted by molar-refractivity contribution is 6.32. The lowest BCUT2D eigenvalue weighted by Crippen LogP contribution is -2.15. The van der Waals surface area contributed by atoms with Gasteiger partial charge in [0.1, 0.15) is 6.61 Å². The predicted octanol–water partition coefficient (Wildman–Crippen LogP) is 2.25. The molecule has 1 rings (SSSR count). The minimum atomic E-state index is 0. The van der Waals surface area contributed by atoms with Crippen LogP contribution < -0.4 is 14.8 Å². The zero-order chi connectivity index (χ0) is 14.1. The van der Waals surface area contributed by atoms with Crippen molar-refractivity contribution < 1.29 is 14.6 Å². The highest BCUT2D eigenvalue weighted by Crippen LogP contribution is 2.36. The highest BCUT2D eigenvalue weighted by atomic mass is 35.5. The average molecular weight is 320 g/mol. The van der Waals surface area contributed by atoms with E-state index < -0.39 is 0 Å². The Labute approximate surface area is 130 Å². The molecule has 6 heteroatoms. The largest absolute Gasteiger partial charge is 0.493 e. The Bertz CT molecular complexity index is 447. The second-order valence-corrected chi connectivity index (χ2v) is 4.26. The Balaban J connectivity index is 0.00000361. The van der Waals surface area contributed by atoms with E-state index in [-0.39, 0.29) is 25.6 Å². The van der Waals surface area contributed by atoms with Crippen LogP contribution in [0.4, 0.5) is 0 Å². The molecule has 1 aromatic rings. The molecule has 0 atom stereocenters. The van der Waals surface area contributed by atoms with E-state index in [2.05, 4.69) is 11.2 Å². The fraction of sp³-hybridized carbons (Fsp3) is 0.429. The predicted molar refractivity (Wildman–Crippen MR) is 83.0 cm³/mol. The zero-order valence-corrected chi connectivity index (χ0v) is 12.9. The van der Waals surface area contributed by atoms with Crippen molar-refractivity contribution >= 4 is 24.0 Å². The summed E-state index contributed by atoms with van der Waals surface area (Å²) < 4.78 is 10.6. The Morgan fingerprint density at radius 2 is 2.20 bits per heavy atom. The molecule has 4 nitrogen and oxygen atoms in total. The first-order valence-corrected chi connectivity index (χ1v) is 6.35. The van der Waals surface area contributed by atoms with E-state index in [1.54, 1.807) is 7.11 Å². The first-order valence-electron chi connectivity index (χ1n) is 5.97. The molecule has 0 aromatic heterocycles. The number of hydrogen-bond donors (Lipinski definition) is 2. The number of hydrogen-bond acceptors (Lipinski definition) is 4. The van der Waals surface area contributed by atoms with Crippen molar-refractivity contribution in [3.05, 3.63) is 22.7 Å². The van der Waals surface area contributed by atoms with Gasteiger partial charge in [0.2, 0.25) is 0 Å². The van der Waals surface area contributed by atoms with Crippen LogP contribution in [0.5, 0.6) is 11.5 Å². The van der Waals surface area contributed by atoms with Crippen LogP contribution >= 0.6 is 24.0 Å². The van der Waals surface area contributed by atoms with Crippen molar-refractivity contribution in [1.29, 1.82) is 0 Å².